The molecule has 0 nitrogen and oxygen atoms in total. The van der Waals surface area contributed by atoms with Crippen molar-refractivity contribution in [1.29, 1.82) is 0 Å². The SMILES string of the molecule is CC(C)(C)c1ccc(C2(c3ccc(C(C)(C)C)cc3)C=CC=C2)cc1. The zero-order chi connectivity index (χ0) is 18.3. The van der Waals surface area contributed by atoms with Gasteiger partial charge in [0.2, 0.25) is 0 Å². The minimum atomic E-state index is -0.146. The molecule has 0 unspecified atom stereocenters. The average Bonchev–Trinajstić information content (AvgIpc) is 3.04. The van der Waals surface area contributed by atoms with Crippen molar-refractivity contribution in [3.05, 3.63) is 95.1 Å². The number of benzene rings is 2. The Morgan fingerprint density at radius 3 is 1.12 bits per heavy atom. The van der Waals surface area contributed by atoms with E-state index in [1.807, 2.05) is 0 Å². The quantitative estimate of drug-likeness (QED) is 0.575. The van der Waals surface area contributed by atoms with Crippen molar-refractivity contribution in [2.45, 2.75) is 57.8 Å². The Hall–Kier alpha value is -2.08. The highest BCUT2D eigenvalue weighted by Crippen LogP contribution is 2.39. The maximum absolute atomic E-state index is 2.31. The summed E-state index contributed by atoms with van der Waals surface area (Å²) in [6.07, 6.45) is 8.95. The first-order chi connectivity index (χ1) is 11.6. The Labute approximate surface area is 153 Å². The molecule has 0 fully saturated rings. The van der Waals surface area contributed by atoms with E-state index in [1.54, 1.807) is 0 Å². The summed E-state index contributed by atoms with van der Waals surface area (Å²) >= 11 is 0. The van der Waals surface area contributed by atoms with Crippen molar-refractivity contribution in [3.63, 3.8) is 0 Å². The van der Waals surface area contributed by atoms with Crippen LogP contribution in [0.3, 0.4) is 0 Å². The lowest BCUT2D eigenvalue weighted by Crippen LogP contribution is -2.22. The van der Waals surface area contributed by atoms with Crippen LogP contribution in [0.15, 0.2) is 72.8 Å². The molecule has 0 N–H and O–H groups in total. The molecule has 0 aromatic heterocycles. The molecular weight excluding hydrogens is 300 g/mol. The molecular formula is C25H30. The van der Waals surface area contributed by atoms with Gasteiger partial charge < -0.3 is 0 Å². The van der Waals surface area contributed by atoms with Crippen LogP contribution in [-0.2, 0) is 16.2 Å². The largest absolute Gasteiger partial charge is 0.0658 e. The van der Waals surface area contributed by atoms with Crippen LogP contribution in [0.5, 0.6) is 0 Å². The standard InChI is InChI=1S/C25H30/c1-23(2,3)19-9-13-21(14-10-19)25(17-7-8-18-25)22-15-11-20(12-16-22)24(4,5)6/h7-18H,1-6H3. The van der Waals surface area contributed by atoms with E-state index in [9.17, 15) is 0 Å². The summed E-state index contributed by atoms with van der Waals surface area (Å²) in [6.45, 7) is 13.6. The van der Waals surface area contributed by atoms with E-state index in [0.717, 1.165) is 0 Å². The molecule has 0 radical (unpaired) electrons. The van der Waals surface area contributed by atoms with Crippen LogP contribution in [-0.4, -0.2) is 0 Å². The smallest absolute Gasteiger partial charge is 0.0568 e. The van der Waals surface area contributed by atoms with Gasteiger partial charge in [0.1, 0.15) is 0 Å². The highest BCUT2D eigenvalue weighted by molar-refractivity contribution is 5.54. The van der Waals surface area contributed by atoms with Crippen molar-refractivity contribution in [2.24, 2.45) is 0 Å². The summed E-state index contributed by atoms with van der Waals surface area (Å²) in [6, 6.07) is 18.3. The van der Waals surface area contributed by atoms with Crippen LogP contribution in [0.1, 0.15) is 63.8 Å². The third-order valence-corrected chi connectivity index (χ3v) is 5.29. The molecule has 0 bridgehead atoms. The van der Waals surface area contributed by atoms with Gasteiger partial charge in [-0.05, 0) is 33.1 Å². The van der Waals surface area contributed by atoms with Crippen molar-refractivity contribution in [1.82, 2.24) is 0 Å². The molecule has 0 amide bonds. The Kier molecular flexibility index (Phi) is 4.27. The second-order valence-electron chi connectivity index (χ2n) is 9.24. The molecule has 3 rings (SSSR count). The molecule has 0 heterocycles. The lowest BCUT2D eigenvalue weighted by atomic mass is 9.74. The average molecular weight is 331 g/mol. The van der Waals surface area contributed by atoms with E-state index in [2.05, 4.69) is 114 Å². The second-order valence-corrected chi connectivity index (χ2v) is 9.24. The van der Waals surface area contributed by atoms with E-state index in [0.29, 0.717) is 0 Å². The fraction of sp³-hybridized carbons (Fsp3) is 0.360. The van der Waals surface area contributed by atoms with Crippen molar-refractivity contribution >= 4 is 0 Å². The lowest BCUT2D eigenvalue weighted by Gasteiger charge is -2.29. The highest BCUT2D eigenvalue weighted by Gasteiger charge is 2.31. The number of hydrogen-bond donors (Lipinski definition) is 0. The zero-order valence-electron chi connectivity index (χ0n) is 16.4. The van der Waals surface area contributed by atoms with Gasteiger partial charge in [0.15, 0.2) is 0 Å². The molecule has 0 saturated carbocycles. The van der Waals surface area contributed by atoms with Crippen LogP contribution in [0.2, 0.25) is 0 Å². The Bertz CT molecular complexity index is 714. The normalized spacial score (nSPS) is 16.4. The monoisotopic (exact) mass is 330 g/mol. The van der Waals surface area contributed by atoms with E-state index in [4.69, 9.17) is 0 Å². The van der Waals surface area contributed by atoms with Crippen LogP contribution >= 0.6 is 0 Å². The molecule has 0 spiro atoms. The van der Waals surface area contributed by atoms with Gasteiger partial charge in [0, 0.05) is 0 Å². The lowest BCUT2D eigenvalue weighted by molar-refractivity contribution is 0.589. The first-order valence-electron chi connectivity index (χ1n) is 9.22. The summed E-state index contributed by atoms with van der Waals surface area (Å²) in [5.74, 6) is 0. The van der Waals surface area contributed by atoms with Crippen LogP contribution < -0.4 is 0 Å². The van der Waals surface area contributed by atoms with Crippen molar-refractivity contribution in [3.8, 4) is 0 Å². The maximum Gasteiger partial charge on any atom is 0.0568 e. The molecule has 1 aliphatic rings. The minimum absolute atomic E-state index is 0.146. The summed E-state index contributed by atoms with van der Waals surface area (Å²) in [7, 11) is 0. The van der Waals surface area contributed by atoms with Gasteiger partial charge in [-0.25, -0.2) is 0 Å². The zero-order valence-corrected chi connectivity index (χ0v) is 16.4. The van der Waals surface area contributed by atoms with Gasteiger partial charge in [-0.3, -0.25) is 0 Å². The Morgan fingerprint density at radius 1 is 0.520 bits per heavy atom. The minimum Gasteiger partial charge on any atom is -0.0658 e. The fourth-order valence-corrected chi connectivity index (χ4v) is 3.51. The third-order valence-electron chi connectivity index (χ3n) is 5.29. The van der Waals surface area contributed by atoms with Gasteiger partial charge in [0.05, 0.1) is 5.41 Å². The van der Waals surface area contributed by atoms with Gasteiger partial charge in [-0.1, -0.05) is 114 Å². The summed E-state index contributed by atoms with van der Waals surface area (Å²) in [4.78, 5) is 0. The fourth-order valence-electron chi connectivity index (χ4n) is 3.51. The first-order valence-corrected chi connectivity index (χ1v) is 9.22. The van der Waals surface area contributed by atoms with Gasteiger partial charge >= 0.3 is 0 Å². The molecule has 0 heteroatoms. The topological polar surface area (TPSA) is 0 Å². The van der Waals surface area contributed by atoms with Crippen LogP contribution in [0.4, 0.5) is 0 Å². The van der Waals surface area contributed by atoms with Crippen molar-refractivity contribution in [2.75, 3.05) is 0 Å². The van der Waals surface area contributed by atoms with E-state index in [1.165, 1.54) is 22.3 Å². The number of hydrogen-bond acceptors (Lipinski definition) is 0. The Morgan fingerprint density at radius 2 is 0.840 bits per heavy atom. The molecule has 0 aliphatic heterocycles. The molecule has 2 aromatic rings. The third kappa shape index (κ3) is 3.35. The summed E-state index contributed by atoms with van der Waals surface area (Å²) in [5.41, 5.74) is 5.62. The molecule has 130 valence electrons. The van der Waals surface area contributed by atoms with E-state index in [-0.39, 0.29) is 16.2 Å². The molecule has 0 atom stereocenters. The molecule has 25 heavy (non-hydrogen) atoms. The van der Waals surface area contributed by atoms with E-state index < -0.39 is 0 Å². The number of allylic oxidation sites excluding steroid dienone is 4. The highest BCUT2D eigenvalue weighted by atomic mass is 14.3. The predicted molar refractivity (Wildman–Crippen MR) is 109 cm³/mol. The van der Waals surface area contributed by atoms with Crippen LogP contribution in [0.25, 0.3) is 0 Å². The second kappa shape index (κ2) is 6.02. The van der Waals surface area contributed by atoms with Crippen molar-refractivity contribution < 1.29 is 0 Å². The van der Waals surface area contributed by atoms with Gasteiger partial charge in [-0.15, -0.1) is 0 Å². The number of rotatable bonds is 2. The maximum atomic E-state index is 2.31. The van der Waals surface area contributed by atoms with Gasteiger partial charge in [-0.2, -0.15) is 0 Å². The molecule has 2 aromatic carbocycles. The van der Waals surface area contributed by atoms with Gasteiger partial charge in [0.25, 0.3) is 0 Å². The van der Waals surface area contributed by atoms with Crippen LogP contribution in [0, 0.1) is 0 Å². The first kappa shape index (κ1) is 17.7. The molecule has 1 aliphatic carbocycles. The Balaban J connectivity index is 2.03. The molecule has 0 saturated heterocycles. The summed E-state index contributed by atoms with van der Waals surface area (Å²) in [5, 5.41) is 0. The van der Waals surface area contributed by atoms with E-state index >= 15 is 0 Å². The summed E-state index contributed by atoms with van der Waals surface area (Å²) < 4.78 is 0. The predicted octanol–water partition coefficient (Wildman–Crippen LogP) is 6.69.